The van der Waals surface area contributed by atoms with Crippen molar-refractivity contribution in [3.63, 3.8) is 0 Å². The summed E-state index contributed by atoms with van der Waals surface area (Å²) in [6.07, 6.45) is 5.73. The Labute approximate surface area is 188 Å². The van der Waals surface area contributed by atoms with Crippen LogP contribution in [0.3, 0.4) is 0 Å². The minimum absolute atomic E-state index is 0.353. The fourth-order valence-corrected chi connectivity index (χ4v) is 4.34. The van der Waals surface area contributed by atoms with Crippen LogP contribution in [0.1, 0.15) is 24.5 Å². The van der Waals surface area contributed by atoms with Gasteiger partial charge in [0.05, 0.1) is 22.3 Å². The summed E-state index contributed by atoms with van der Waals surface area (Å²) in [5.74, 6) is -1.69. The minimum Gasteiger partial charge on any atom is -0.368 e. The van der Waals surface area contributed by atoms with Crippen LogP contribution in [0.15, 0.2) is 36.8 Å². The number of benzene rings is 1. The predicted molar refractivity (Wildman–Crippen MR) is 121 cm³/mol. The average Bonchev–Trinajstić information content (AvgIpc) is 3.39. The highest BCUT2D eigenvalue weighted by Crippen LogP contribution is 2.41. The van der Waals surface area contributed by atoms with E-state index in [2.05, 4.69) is 24.8 Å². The lowest BCUT2D eigenvalue weighted by Gasteiger charge is -2.26. The molecule has 0 saturated carbocycles. The molecule has 1 aliphatic rings. The Morgan fingerprint density at radius 3 is 2.73 bits per heavy atom. The molecule has 0 aliphatic carbocycles. The van der Waals surface area contributed by atoms with Gasteiger partial charge in [-0.25, -0.2) is 18.7 Å². The van der Waals surface area contributed by atoms with E-state index in [-0.39, 0.29) is 5.56 Å². The highest BCUT2D eigenvalue weighted by atomic mass is 19.2. The lowest BCUT2D eigenvalue weighted by Crippen LogP contribution is -2.39. The van der Waals surface area contributed by atoms with Crippen LogP contribution in [0.5, 0.6) is 0 Å². The number of pyridine rings is 2. The molecule has 3 aromatic heterocycles. The number of hydrogen-bond acceptors (Lipinski definition) is 6. The number of nitrogens with one attached hydrogen (secondary N) is 1. The summed E-state index contributed by atoms with van der Waals surface area (Å²) in [5.41, 5.74) is 10.4. The molecule has 0 spiro atoms. The van der Waals surface area contributed by atoms with E-state index in [4.69, 9.17) is 5.73 Å². The number of nitriles is 1. The van der Waals surface area contributed by atoms with Gasteiger partial charge in [0.2, 0.25) is 0 Å². The molecule has 0 unspecified atom stereocenters. The number of aromatic amines is 1. The molecule has 1 saturated heterocycles. The van der Waals surface area contributed by atoms with Crippen LogP contribution in [0, 0.1) is 29.9 Å². The number of hydrogen-bond donors (Lipinski definition) is 2. The van der Waals surface area contributed by atoms with E-state index in [1.807, 2.05) is 19.9 Å². The van der Waals surface area contributed by atoms with E-state index in [1.165, 1.54) is 6.07 Å². The first-order valence-corrected chi connectivity index (χ1v) is 10.5. The van der Waals surface area contributed by atoms with E-state index in [0.717, 1.165) is 29.3 Å². The standard InChI is InChI=1S/C24H21F2N7/c1-13-3-5-30-23-20(13)31-22(32-23)17-11-29-10-16(21(17)33-6-4-24(2,28)12-33)14-7-15(9-27)19(26)18(25)8-14/h3,5,7-8,10-11H,4,6,12,28H2,1-2H3,(H,30,31,32)/t24-/m0/s1. The van der Waals surface area contributed by atoms with Crippen molar-refractivity contribution in [3.05, 3.63) is 59.6 Å². The maximum atomic E-state index is 14.3. The van der Waals surface area contributed by atoms with Crippen LogP contribution in [-0.2, 0) is 0 Å². The number of halogens is 2. The molecule has 3 N–H and O–H groups in total. The summed E-state index contributed by atoms with van der Waals surface area (Å²) in [4.78, 5) is 18.8. The van der Waals surface area contributed by atoms with Gasteiger partial charge in [-0.3, -0.25) is 4.98 Å². The molecule has 33 heavy (non-hydrogen) atoms. The van der Waals surface area contributed by atoms with Crippen LogP contribution >= 0.6 is 0 Å². The maximum Gasteiger partial charge on any atom is 0.178 e. The Hall–Kier alpha value is -3.90. The Bertz CT molecular complexity index is 1440. The zero-order valence-electron chi connectivity index (χ0n) is 18.2. The van der Waals surface area contributed by atoms with Gasteiger partial charge < -0.3 is 15.6 Å². The SMILES string of the molecule is Cc1ccnc2nc(-c3cncc(-c4cc(F)c(F)c(C#N)c4)c3N3CC[C@](C)(N)C3)[nH]c12. The number of H-pyrrole nitrogens is 1. The van der Waals surface area contributed by atoms with Crippen molar-refractivity contribution < 1.29 is 8.78 Å². The largest absolute Gasteiger partial charge is 0.368 e. The number of anilines is 1. The monoisotopic (exact) mass is 445 g/mol. The molecule has 1 aromatic carbocycles. The van der Waals surface area contributed by atoms with E-state index < -0.39 is 17.2 Å². The van der Waals surface area contributed by atoms with Gasteiger partial charge in [0.25, 0.3) is 0 Å². The summed E-state index contributed by atoms with van der Waals surface area (Å²) in [6, 6.07) is 6.04. The fourth-order valence-electron chi connectivity index (χ4n) is 4.34. The third-order valence-electron chi connectivity index (χ3n) is 6.05. The second-order valence-corrected chi connectivity index (χ2v) is 8.75. The molecular weight excluding hydrogens is 424 g/mol. The Balaban J connectivity index is 1.76. The van der Waals surface area contributed by atoms with Crippen molar-refractivity contribution in [2.75, 3.05) is 18.0 Å². The number of fused-ring (bicyclic) bond motifs is 1. The average molecular weight is 445 g/mol. The highest BCUT2D eigenvalue weighted by Gasteiger charge is 2.33. The second-order valence-electron chi connectivity index (χ2n) is 8.75. The number of nitrogens with two attached hydrogens (primary N) is 1. The van der Waals surface area contributed by atoms with Crippen LogP contribution in [-0.4, -0.2) is 38.6 Å². The van der Waals surface area contributed by atoms with Gasteiger partial charge in [-0.2, -0.15) is 5.26 Å². The topological polar surface area (TPSA) is 108 Å². The van der Waals surface area contributed by atoms with Crippen LogP contribution in [0.2, 0.25) is 0 Å². The van der Waals surface area contributed by atoms with Crippen molar-refractivity contribution in [2.24, 2.45) is 5.73 Å². The molecule has 9 heteroatoms. The van der Waals surface area contributed by atoms with Crippen molar-refractivity contribution in [3.8, 4) is 28.6 Å². The lowest BCUT2D eigenvalue weighted by molar-refractivity contribution is 0.507. The quantitative estimate of drug-likeness (QED) is 0.492. The molecule has 166 valence electrons. The van der Waals surface area contributed by atoms with Crippen molar-refractivity contribution in [1.82, 2.24) is 19.9 Å². The first-order chi connectivity index (χ1) is 15.8. The van der Waals surface area contributed by atoms with Crippen molar-refractivity contribution >= 4 is 16.9 Å². The molecule has 1 atom stereocenters. The molecule has 1 fully saturated rings. The smallest absolute Gasteiger partial charge is 0.178 e. The van der Waals surface area contributed by atoms with Gasteiger partial charge in [-0.05, 0) is 49.6 Å². The third-order valence-corrected chi connectivity index (χ3v) is 6.05. The first-order valence-electron chi connectivity index (χ1n) is 10.5. The first kappa shape index (κ1) is 21.0. The van der Waals surface area contributed by atoms with Crippen molar-refractivity contribution in [1.29, 1.82) is 5.26 Å². The maximum absolute atomic E-state index is 14.3. The summed E-state index contributed by atoms with van der Waals surface area (Å²) < 4.78 is 28.4. The van der Waals surface area contributed by atoms with Crippen LogP contribution < -0.4 is 10.6 Å². The lowest BCUT2D eigenvalue weighted by atomic mass is 9.99. The Morgan fingerprint density at radius 1 is 1.24 bits per heavy atom. The van der Waals surface area contributed by atoms with Gasteiger partial charge in [0.1, 0.15) is 11.9 Å². The molecule has 4 aromatic rings. The number of nitrogens with zero attached hydrogens (tertiary/aromatic N) is 5. The normalized spacial score (nSPS) is 18.1. The Kier molecular flexibility index (Phi) is 4.83. The van der Waals surface area contributed by atoms with E-state index in [0.29, 0.717) is 41.3 Å². The summed E-state index contributed by atoms with van der Waals surface area (Å²) >= 11 is 0. The van der Waals surface area contributed by atoms with Crippen LogP contribution in [0.4, 0.5) is 14.5 Å². The summed E-state index contributed by atoms with van der Waals surface area (Å²) in [5, 5.41) is 9.28. The second kappa shape index (κ2) is 7.60. The molecular formula is C24H21F2N7. The molecule has 0 radical (unpaired) electrons. The predicted octanol–water partition coefficient (Wildman–Crippen LogP) is 4.07. The molecule has 0 amide bonds. The molecule has 1 aliphatic heterocycles. The number of rotatable bonds is 3. The minimum atomic E-state index is -1.17. The van der Waals surface area contributed by atoms with Gasteiger partial charge in [0.15, 0.2) is 17.3 Å². The summed E-state index contributed by atoms with van der Waals surface area (Å²) in [6.45, 7) is 5.17. The molecule has 0 bridgehead atoms. The van der Waals surface area contributed by atoms with E-state index >= 15 is 0 Å². The fraction of sp³-hybridized carbons (Fsp3) is 0.250. The number of imidazole rings is 1. The van der Waals surface area contributed by atoms with Crippen LogP contribution in [0.25, 0.3) is 33.7 Å². The zero-order chi connectivity index (χ0) is 23.3. The van der Waals surface area contributed by atoms with Gasteiger partial charge in [0, 0.05) is 42.8 Å². The molecule has 5 rings (SSSR count). The zero-order valence-corrected chi connectivity index (χ0v) is 18.2. The van der Waals surface area contributed by atoms with Gasteiger partial charge in [-0.1, -0.05) is 0 Å². The van der Waals surface area contributed by atoms with Crippen molar-refractivity contribution in [2.45, 2.75) is 25.8 Å². The molecule has 7 nitrogen and oxygen atoms in total. The van der Waals surface area contributed by atoms with E-state index in [1.54, 1.807) is 24.7 Å². The Morgan fingerprint density at radius 2 is 2.03 bits per heavy atom. The summed E-state index contributed by atoms with van der Waals surface area (Å²) in [7, 11) is 0. The van der Waals surface area contributed by atoms with E-state index in [9.17, 15) is 14.0 Å². The number of aryl methyl sites for hydroxylation is 1. The van der Waals surface area contributed by atoms with Gasteiger partial charge >= 0.3 is 0 Å². The third kappa shape index (κ3) is 3.58. The highest BCUT2D eigenvalue weighted by molar-refractivity contribution is 5.91. The van der Waals surface area contributed by atoms with Gasteiger partial charge in [-0.15, -0.1) is 0 Å². The molecule has 4 heterocycles. The number of aromatic nitrogens is 4.